The highest BCUT2D eigenvalue weighted by atomic mass is 19.1. The molecule has 0 N–H and O–H groups in total. The van der Waals surface area contributed by atoms with Gasteiger partial charge in [-0.15, -0.1) is 0 Å². The largest absolute Gasteiger partial charge is 0.493 e. The lowest BCUT2D eigenvalue weighted by molar-refractivity contribution is -0.122. The van der Waals surface area contributed by atoms with Gasteiger partial charge in [0.25, 0.3) is 5.91 Å². The summed E-state index contributed by atoms with van der Waals surface area (Å²) in [5.74, 6) is 0.185. The third-order valence-electron chi connectivity index (χ3n) is 6.36. The van der Waals surface area contributed by atoms with Gasteiger partial charge >= 0.3 is 0 Å². The lowest BCUT2D eigenvalue weighted by Crippen LogP contribution is -2.44. The monoisotopic (exact) mass is 460 g/mol. The molecular weight excluding hydrogens is 435 g/mol. The van der Waals surface area contributed by atoms with Crippen molar-refractivity contribution in [3.05, 3.63) is 89.2 Å². The summed E-state index contributed by atoms with van der Waals surface area (Å²) in [7, 11) is 1.53. The Morgan fingerprint density at radius 3 is 2.47 bits per heavy atom. The van der Waals surface area contributed by atoms with E-state index in [9.17, 15) is 14.0 Å². The average molecular weight is 461 g/mol. The molecule has 2 aliphatic rings. The molecule has 1 fully saturated rings. The van der Waals surface area contributed by atoms with Crippen LogP contribution < -0.4 is 14.4 Å². The number of methoxy groups -OCH3 is 1. The molecule has 7 heteroatoms. The van der Waals surface area contributed by atoms with Gasteiger partial charge in [-0.25, -0.2) is 4.39 Å². The van der Waals surface area contributed by atoms with Gasteiger partial charge in [-0.2, -0.15) is 0 Å². The van der Waals surface area contributed by atoms with Gasteiger partial charge in [0.15, 0.2) is 11.5 Å². The number of carbonyl (C=O) groups excluding carboxylic acids is 2. The normalized spacial score (nSPS) is 17.3. The number of amides is 2. The Kier molecular flexibility index (Phi) is 5.92. The zero-order valence-corrected chi connectivity index (χ0v) is 18.9. The molecule has 1 atom stereocenters. The Morgan fingerprint density at radius 1 is 0.971 bits per heavy atom. The van der Waals surface area contributed by atoms with Crippen LogP contribution in [0.5, 0.6) is 11.5 Å². The Labute approximate surface area is 197 Å². The number of hydrogen-bond acceptors (Lipinski definition) is 4. The first kappa shape index (κ1) is 21.9. The number of anilines is 1. The topological polar surface area (TPSA) is 59.1 Å². The fourth-order valence-electron chi connectivity index (χ4n) is 4.61. The van der Waals surface area contributed by atoms with Gasteiger partial charge in [-0.1, -0.05) is 42.5 Å². The number of benzene rings is 3. The number of fused-ring (bicyclic) bond motifs is 2. The first-order chi connectivity index (χ1) is 16.5. The average Bonchev–Trinajstić information content (AvgIpc) is 3.34. The Balaban J connectivity index is 1.57. The van der Waals surface area contributed by atoms with E-state index in [-0.39, 0.29) is 24.2 Å². The molecule has 0 aliphatic carbocycles. The van der Waals surface area contributed by atoms with Crippen LogP contribution >= 0.6 is 0 Å². The van der Waals surface area contributed by atoms with Gasteiger partial charge in [-0.05, 0) is 42.2 Å². The van der Waals surface area contributed by atoms with Crippen molar-refractivity contribution in [1.29, 1.82) is 0 Å². The van der Waals surface area contributed by atoms with Crippen molar-refractivity contribution in [1.82, 2.24) is 4.90 Å². The molecule has 3 aromatic rings. The second-order valence-corrected chi connectivity index (χ2v) is 8.50. The van der Waals surface area contributed by atoms with Crippen LogP contribution in [0.15, 0.2) is 66.7 Å². The van der Waals surface area contributed by atoms with Crippen LogP contribution in [0.2, 0.25) is 0 Å². The highest BCUT2D eigenvalue weighted by molar-refractivity contribution is 6.11. The molecule has 2 amide bonds. The standard InChI is InChI=1S/C27H25FN2O4/c1-33-24-14-21-23(15-25(24)34-17-19-6-3-2-4-7-19)30(16-18-9-11-20(28)12-10-18)27(32)22-8-5-13-29(22)26(21)31/h2-4,6-7,9-12,14-15,22H,5,8,13,16-17H2,1H3/t22-/m0/s1. The zero-order valence-electron chi connectivity index (χ0n) is 18.9. The third kappa shape index (κ3) is 4.09. The second-order valence-electron chi connectivity index (χ2n) is 8.50. The minimum absolute atomic E-state index is 0.145. The molecule has 174 valence electrons. The minimum Gasteiger partial charge on any atom is -0.493 e. The molecule has 5 rings (SSSR count). The Bertz CT molecular complexity index is 1210. The van der Waals surface area contributed by atoms with E-state index in [1.54, 1.807) is 34.1 Å². The van der Waals surface area contributed by atoms with Crippen molar-refractivity contribution in [2.24, 2.45) is 0 Å². The third-order valence-corrected chi connectivity index (χ3v) is 6.36. The smallest absolute Gasteiger partial charge is 0.256 e. The summed E-state index contributed by atoms with van der Waals surface area (Å²) in [4.78, 5) is 30.4. The summed E-state index contributed by atoms with van der Waals surface area (Å²) in [6.07, 6.45) is 1.39. The number of ether oxygens (including phenoxy) is 2. The predicted molar refractivity (Wildman–Crippen MR) is 125 cm³/mol. The van der Waals surface area contributed by atoms with E-state index in [1.807, 2.05) is 30.3 Å². The Morgan fingerprint density at radius 2 is 1.74 bits per heavy atom. The molecule has 0 radical (unpaired) electrons. The second kappa shape index (κ2) is 9.17. The summed E-state index contributed by atoms with van der Waals surface area (Å²) in [6, 6.07) is 18.6. The minimum atomic E-state index is -0.514. The Hall–Kier alpha value is -3.87. The summed E-state index contributed by atoms with van der Waals surface area (Å²) >= 11 is 0. The van der Waals surface area contributed by atoms with Crippen molar-refractivity contribution >= 4 is 17.5 Å². The first-order valence-corrected chi connectivity index (χ1v) is 11.3. The molecule has 0 aromatic heterocycles. The van der Waals surface area contributed by atoms with Crippen LogP contribution in [0.1, 0.15) is 34.3 Å². The van der Waals surface area contributed by atoms with Gasteiger partial charge in [0.2, 0.25) is 5.91 Å². The van der Waals surface area contributed by atoms with Gasteiger partial charge in [0.1, 0.15) is 18.5 Å². The lowest BCUT2D eigenvalue weighted by Gasteiger charge is -2.26. The van der Waals surface area contributed by atoms with Gasteiger partial charge in [-0.3, -0.25) is 9.59 Å². The number of hydrogen-bond donors (Lipinski definition) is 0. The first-order valence-electron chi connectivity index (χ1n) is 11.3. The van der Waals surface area contributed by atoms with E-state index in [0.717, 1.165) is 17.5 Å². The van der Waals surface area contributed by atoms with Crippen LogP contribution in [0.25, 0.3) is 0 Å². The molecule has 2 heterocycles. The van der Waals surface area contributed by atoms with Crippen LogP contribution in [0, 0.1) is 5.82 Å². The molecular formula is C27H25FN2O4. The summed E-state index contributed by atoms with van der Waals surface area (Å²) < 4.78 is 25.1. The van der Waals surface area contributed by atoms with E-state index in [2.05, 4.69) is 0 Å². The fraction of sp³-hybridized carbons (Fsp3) is 0.259. The van der Waals surface area contributed by atoms with Crippen molar-refractivity contribution in [3.8, 4) is 11.5 Å². The molecule has 2 aliphatic heterocycles. The van der Waals surface area contributed by atoms with Crippen molar-refractivity contribution in [2.75, 3.05) is 18.6 Å². The lowest BCUT2D eigenvalue weighted by atomic mass is 10.1. The molecule has 0 saturated carbocycles. The molecule has 34 heavy (non-hydrogen) atoms. The van der Waals surface area contributed by atoms with E-state index in [4.69, 9.17) is 9.47 Å². The number of carbonyl (C=O) groups is 2. The van der Waals surface area contributed by atoms with Crippen molar-refractivity contribution < 1.29 is 23.5 Å². The maximum atomic E-state index is 13.6. The fourth-order valence-corrected chi connectivity index (χ4v) is 4.61. The molecule has 1 saturated heterocycles. The number of rotatable bonds is 6. The summed E-state index contributed by atoms with van der Waals surface area (Å²) in [5, 5.41) is 0. The zero-order chi connectivity index (χ0) is 23.7. The molecule has 6 nitrogen and oxygen atoms in total. The predicted octanol–water partition coefficient (Wildman–Crippen LogP) is 4.56. The van der Waals surface area contributed by atoms with E-state index >= 15 is 0 Å². The van der Waals surface area contributed by atoms with E-state index in [0.29, 0.717) is 42.3 Å². The summed E-state index contributed by atoms with van der Waals surface area (Å²) in [6.45, 7) is 1.06. The molecule has 0 bridgehead atoms. The van der Waals surface area contributed by atoms with Crippen molar-refractivity contribution in [2.45, 2.75) is 32.0 Å². The van der Waals surface area contributed by atoms with Crippen molar-refractivity contribution in [3.63, 3.8) is 0 Å². The van der Waals surface area contributed by atoms with Crippen LogP contribution in [-0.4, -0.2) is 36.4 Å². The van der Waals surface area contributed by atoms with Gasteiger partial charge in [0, 0.05) is 12.6 Å². The van der Waals surface area contributed by atoms with E-state index in [1.165, 1.54) is 19.2 Å². The van der Waals surface area contributed by atoms with Crippen LogP contribution in [-0.2, 0) is 17.9 Å². The summed E-state index contributed by atoms with van der Waals surface area (Å²) in [5.41, 5.74) is 2.61. The van der Waals surface area contributed by atoms with Crippen LogP contribution in [0.4, 0.5) is 10.1 Å². The van der Waals surface area contributed by atoms with Gasteiger partial charge < -0.3 is 19.3 Å². The molecule has 0 unspecified atom stereocenters. The molecule has 0 spiro atoms. The highest BCUT2D eigenvalue weighted by Crippen LogP contribution is 2.40. The highest BCUT2D eigenvalue weighted by Gasteiger charge is 2.42. The number of halogens is 1. The molecule has 3 aromatic carbocycles. The van der Waals surface area contributed by atoms with Gasteiger partial charge in [0.05, 0.1) is 24.9 Å². The maximum Gasteiger partial charge on any atom is 0.256 e. The van der Waals surface area contributed by atoms with E-state index < -0.39 is 6.04 Å². The maximum absolute atomic E-state index is 13.6. The SMILES string of the molecule is COc1cc2c(cc1OCc1ccccc1)N(Cc1ccc(F)cc1)C(=O)[C@@H]1CCCN1C2=O. The number of nitrogens with zero attached hydrogens (tertiary/aromatic N) is 2. The quantitative estimate of drug-likeness (QED) is 0.541. The van der Waals surface area contributed by atoms with Crippen LogP contribution in [0.3, 0.4) is 0 Å².